The molecule has 0 aromatic rings. The smallest absolute Gasteiger partial charge is 0.462 e. The highest BCUT2D eigenvalue weighted by atomic mass is 31.2. The van der Waals surface area contributed by atoms with Crippen molar-refractivity contribution in [3.8, 4) is 0 Å². The molecule has 3 atom stereocenters. The van der Waals surface area contributed by atoms with E-state index in [9.17, 15) is 28.9 Å². The predicted molar refractivity (Wildman–Crippen MR) is 325 cm³/mol. The maximum atomic E-state index is 12.9. The molecule has 12 heteroatoms. The number of hydrogen-bond acceptors (Lipinski definition) is 10. The number of aliphatic hydroxyl groups excluding tert-OH is 1. The van der Waals surface area contributed by atoms with Gasteiger partial charge in [0.15, 0.2) is 6.10 Å². The molecular formula is C66H107O11P. The summed E-state index contributed by atoms with van der Waals surface area (Å²) < 4.78 is 39.5. The lowest BCUT2D eigenvalue weighted by atomic mass is 10.1. The van der Waals surface area contributed by atoms with E-state index < -0.39 is 57.8 Å². The molecule has 0 aromatic carbocycles. The molecular weight excluding hydrogens is 1000 g/mol. The second-order valence-corrected chi connectivity index (χ2v) is 20.8. The summed E-state index contributed by atoms with van der Waals surface area (Å²) in [6.07, 6.45) is 74.1. The summed E-state index contributed by atoms with van der Waals surface area (Å²) in [5, 5.41) is 9.83. The zero-order chi connectivity index (χ0) is 56.9. The standard InChI is InChI=1S/C66H107O11P/c1-4-7-10-13-16-19-22-25-28-30-31-33-36-39-42-45-48-51-54-57-66(70)77-63(59-73-64(68)55-52-49-46-43-40-37-35-32-29-26-23-20-17-14-11-8-5-2)61-75-78(71,72)74-60-62(58-67)76-65(69)56-53-50-47-44-41-38-34-27-24-21-18-15-12-9-6-3/h8-9,11-12,16-21,25-29,31,33-35,37,43,46,62-63,67H,4-7,10,13-15,22-24,30,32,36,38-42,44-45,47-61H2,1-3H3,(H,71,72)/b11-8-,12-9-,19-16-,20-17-,21-18-,28-25-,29-26-,33-31-,34-27-,37-35-,46-43-. The number of aliphatic hydroxyl groups is 1. The van der Waals surface area contributed by atoms with Crippen molar-refractivity contribution in [1.29, 1.82) is 0 Å². The van der Waals surface area contributed by atoms with Gasteiger partial charge in [-0.3, -0.25) is 23.4 Å². The first-order valence-electron chi connectivity index (χ1n) is 30.1. The number of carbonyl (C=O) groups excluding carboxylic acids is 3. The topological polar surface area (TPSA) is 155 Å². The minimum absolute atomic E-state index is 0.132. The number of esters is 3. The van der Waals surface area contributed by atoms with Crippen molar-refractivity contribution in [2.24, 2.45) is 0 Å². The van der Waals surface area contributed by atoms with E-state index in [0.29, 0.717) is 25.7 Å². The largest absolute Gasteiger partial charge is 0.472 e. The molecule has 0 aliphatic rings. The van der Waals surface area contributed by atoms with Crippen LogP contribution in [0.15, 0.2) is 134 Å². The van der Waals surface area contributed by atoms with Crippen LogP contribution in [-0.4, -0.2) is 66.5 Å². The van der Waals surface area contributed by atoms with Crippen molar-refractivity contribution in [1.82, 2.24) is 0 Å². The van der Waals surface area contributed by atoms with Gasteiger partial charge in [0.05, 0.1) is 19.8 Å². The van der Waals surface area contributed by atoms with E-state index in [1.807, 2.05) is 6.08 Å². The molecule has 0 rings (SSSR count). The Morgan fingerprint density at radius 1 is 0.372 bits per heavy atom. The highest BCUT2D eigenvalue weighted by molar-refractivity contribution is 7.47. The predicted octanol–water partition coefficient (Wildman–Crippen LogP) is 18.1. The van der Waals surface area contributed by atoms with Gasteiger partial charge in [0.1, 0.15) is 12.7 Å². The first-order valence-corrected chi connectivity index (χ1v) is 31.6. The normalized spacial score (nSPS) is 14.3. The minimum atomic E-state index is -4.78. The molecule has 0 aliphatic carbocycles. The molecule has 0 amide bonds. The zero-order valence-electron chi connectivity index (χ0n) is 48.8. The third-order valence-electron chi connectivity index (χ3n) is 12.0. The summed E-state index contributed by atoms with van der Waals surface area (Å²) in [4.78, 5) is 48.6. The van der Waals surface area contributed by atoms with Crippen LogP contribution in [0.1, 0.15) is 226 Å². The van der Waals surface area contributed by atoms with Gasteiger partial charge in [-0.05, 0) is 128 Å². The molecule has 0 heterocycles. The first kappa shape index (κ1) is 73.6. The summed E-state index contributed by atoms with van der Waals surface area (Å²) in [6, 6.07) is 0. The second kappa shape index (κ2) is 58.8. The number of carbonyl (C=O) groups is 3. The Morgan fingerprint density at radius 2 is 0.679 bits per heavy atom. The number of allylic oxidation sites excluding steroid dienone is 22. The van der Waals surface area contributed by atoms with Crippen LogP contribution < -0.4 is 0 Å². The van der Waals surface area contributed by atoms with E-state index in [1.165, 1.54) is 25.7 Å². The number of ether oxygens (including phenoxy) is 3. The summed E-state index contributed by atoms with van der Waals surface area (Å²) in [5.41, 5.74) is 0. The summed E-state index contributed by atoms with van der Waals surface area (Å²) in [6.45, 7) is 4.28. The van der Waals surface area contributed by atoms with Crippen molar-refractivity contribution >= 4 is 25.7 Å². The molecule has 0 spiro atoms. The van der Waals surface area contributed by atoms with E-state index >= 15 is 0 Å². The van der Waals surface area contributed by atoms with Crippen LogP contribution in [-0.2, 0) is 42.2 Å². The van der Waals surface area contributed by atoms with E-state index in [1.54, 1.807) is 0 Å². The lowest BCUT2D eigenvalue weighted by Crippen LogP contribution is -2.30. The fourth-order valence-corrected chi connectivity index (χ4v) is 8.31. The fraction of sp³-hybridized carbons (Fsp3) is 0.621. The first-order chi connectivity index (χ1) is 38.2. The van der Waals surface area contributed by atoms with E-state index in [2.05, 4.69) is 148 Å². The maximum Gasteiger partial charge on any atom is 0.472 e. The molecule has 442 valence electrons. The Hall–Kier alpha value is -4.38. The Bertz CT molecular complexity index is 1820. The van der Waals surface area contributed by atoms with Crippen LogP contribution in [0.4, 0.5) is 0 Å². The molecule has 0 aromatic heterocycles. The molecule has 0 saturated carbocycles. The van der Waals surface area contributed by atoms with Crippen LogP contribution in [0.5, 0.6) is 0 Å². The molecule has 0 bridgehead atoms. The number of phosphoric acid groups is 1. The monoisotopic (exact) mass is 1110 g/mol. The summed E-state index contributed by atoms with van der Waals surface area (Å²) in [7, 11) is -4.78. The van der Waals surface area contributed by atoms with E-state index in [0.717, 1.165) is 135 Å². The van der Waals surface area contributed by atoms with Gasteiger partial charge in [-0.25, -0.2) is 4.57 Å². The molecule has 0 aliphatic heterocycles. The lowest BCUT2D eigenvalue weighted by Gasteiger charge is -2.21. The number of hydrogen-bond donors (Lipinski definition) is 2. The molecule has 0 saturated heterocycles. The van der Waals surface area contributed by atoms with Crippen LogP contribution in [0, 0.1) is 0 Å². The lowest BCUT2D eigenvalue weighted by molar-refractivity contribution is -0.161. The van der Waals surface area contributed by atoms with Gasteiger partial charge in [-0.2, -0.15) is 0 Å². The third kappa shape index (κ3) is 56.3. The molecule has 0 fully saturated rings. The Balaban J connectivity index is 4.86. The van der Waals surface area contributed by atoms with Gasteiger partial charge in [-0.1, -0.05) is 212 Å². The zero-order valence-corrected chi connectivity index (χ0v) is 49.7. The average Bonchev–Trinajstić information content (AvgIpc) is 3.43. The third-order valence-corrected chi connectivity index (χ3v) is 13.0. The van der Waals surface area contributed by atoms with Crippen molar-refractivity contribution in [2.45, 2.75) is 238 Å². The van der Waals surface area contributed by atoms with Crippen LogP contribution in [0.3, 0.4) is 0 Å². The van der Waals surface area contributed by atoms with Gasteiger partial charge in [-0.15, -0.1) is 0 Å². The van der Waals surface area contributed by atoms with E-state index in [-0.39, 0.29) is 25.9 Å². The molecule has 2 N–H and O–H groups in total. The fourth-order valence-electron chi connectivity index (χ4n) is 7.53. The molecule has 3 unspecified atom stereocenters. The van der Waals surface area contributed by atoms with Crippen LogP contribution in [0.25, 0.3) is 0 Å². The molecule has 0 radical (unpaired) electrons. The van der Waals surface area contributed by atoms with Crippen molar-refractivity contribution in [3.63, 3.8) is 0 Å². The number of rotatable bonds is 54. The van der Waals surface area contributed by atoms with E-state index in [4.69, 9.17) is 23.3 Å². The molecule has 78 heavy (non-hydrogen) atoms. The number of phosphoric ester groups is 1. The second-order valence-electron chi connectivity index (χ2n) is 19.4. The quantitative estimate of drug-likeness (QED) is 0.0197. The van der Waals surface area contributed by atoms with Crippen molar-refractivity contribution < 1.29 is 52.2 Å². The SMILES string of the molecule is CC/C=C\C/C=C\C/C=C\C/C=C\C/C=C\CCCC(=O)OCC(COP(=O)(O)OCC(CO)OC(=O)CCCCCCC/C=C\C/C=C\C/C=C\CC)OC(=O)CCCCCCCC/C=C\C/C=C\C/C=C\CCCCC. The highest BCUT2D eigenvalue weighted by Crippen LogP contribution is 2.43. The van der Waals surface area contributed by atoms with Crippen LogP contribution in [0.2, 0.25) is 0 Å². The Morgan fingerprint density at radius 3 is 1.06 bits per heavy atom. The van der Waals surface area contributed by atoms with Gasteiger partial charge in [0, 0.05) is 19.3 Å². The number of unbranched alkanes of at least 4 members (excludes halogenated alkanes) is 15. The highest BCUT2D eigenvalue weighted by Gasteiger charge is 2.28. The Kier molecular flexibility index (Phi) is 55.5. The maximum absolute atomic E-state index is 12.9. The Labute approximate surface area is 474 Å². The van der Waals surface area contributed by atoms with Crippen molar-refractivity contribution in [3.05, 3.63) is 134 Å². The summed E-state index contributed by atoms with van der Waals surface area (Å²) >= 11 is 0. The van der Waals surface area contributed by atoms with Gasteiger partial charge < -0.3 is 24.2 Å². The van der Waals surface area contributed by atoms with Crippen LogP contribution >= 0.6 is 7.82 Å². The molecule has 11 nitrogen and oxygen atoms in total. The summed E-state index contributed by atoms with van der Waals surface area (Å²) in [5.74, 6) is -1.58. The van der Waals surface area contributed by atoms with Gasteiger partial charge in [0.2, 0.25) is 0 Å². The van der Waals surface area contributed by atoms with Gasteiger partial charge >= 0.3 is 25.7 Å². The van der Waals surface area contributed by atoms with Crippen molar-refractivity contribution in [2.75, 3.05) is 26.4 Å². The minimum Gasteiger partial charge on any atom is -0.462 e. The van der Waals surface area contributed by atoms with Gasteiger partial charge in [0.25, 0.3) is 0 Å². The average molecular weight is 1110 g/mol.